The second-order valence-electron chi connectivity index (χ2n) is 11.9. The molecule has 0 bridgehead atoms. The zero-order valence-corrected chi connectivity index (χ0v) is 25.8. The maximum absolute atomic E-state index is 12.1. The molecule has 0 aromatic heterocycles. The molecule has 0 heterocycles. The van der Waals surface area contributed by atoms with Crippen molar-refractivity contribution < 1.29 is 13.9 Å². The Labute approximate surface area is 227 Å². The molecule has 2 unspecified atom stereocenters. The highest BCUT2D eigenvalue weighted by Crippen LogP contribution is 2.45. The third-order valence-electron chi connectivity index (χ3n) is 7.88. The first-order valence-corrected chi connectivity index (χ1v) is 16.7. The number of hydrogen-bond acceptors (Lipinski definition) is 2. The molecular formula is C32H63NO2P+. The van der Waals surface area contributed by atoms with Gasteiger partial charge >= 0.3 is 8.03 Å². The number of quaternary nitrogens is 1. The van der Waals surface area contributed by atoms with E-state index in [1.807, 2.05) is 27.2 Å². The van der Waals surface area contributed by atoms with E-state index in [0.29, 0.717) is 4.48 Å². The monoisotopic (exact) mass is 524 g/mol. The van der Waals surface area contributed by atoms with E-state index >= 15 is 0 Å². The van der Waals surface area contributed by atoms with Crippen LogP contribution < -0.4 is 4.89 Å². The second kappa shape index (κ2) is 23.6. The summed E-state index contributed by atoms with van der Waals surface area (Å²) < 4.78 is 12.6. The van der Waals surface area contributed by atoms with Crippen molar-refractivity contribution in [2.45, 2.75) is 160 Å². The lowest BCUT2D eigenvalue weighted by molar-refractivity contribution is -0.910. The average Bonchev–Trinajstić information content (AvgIpc) is 2.82. The van der Waals surface area contributed by atoms with Crippen molar-refractivity contribution in [2.24, 2.45) is 0 Å². The molecule has 0 amide bonds. The first-order chi connectivity index (χ1) is 17.3. The van der Waals surface area contributed by atoms with E-state index in [0.717, 1.165) is 32.1 Å². The molecule has 4 heteroatoms. The first kappa shape index (κ1) is 35.5. The highest BCUT2D eigenvalue weighted by Gasteiger charge is 2.53. The molecule has 0 aromatic rings. The summed E-state index contributed by atoms with van der Waals surface area (Å²) in [6.45, 7) is 5.88. The molecule has 0 aliphatic heterocycles. The normalized spacial score (nSPS) is 14.3. The summed E-state index contributed by atoms with van der Waals surface area (Å²) in [7, 11) is 3.68. The molecule has 0 aromatic carbocycles. The van der Waals surface area contributed by atoms with Crippen LogP contribution in [0.15, 0.2) is 24.8 Å². The molecule has 2 atom stereocenters. The molecule has 0 fully saturated rings. The van der Waals surface area contributed by atoms with Crippen molar-refractivity contribution in [3.8, 4) is 0 Å². The Morgan fingerprint density at radius 1 is 0.639 bits per heavy atom. The summed E-state index contributed by atoms with van der Waals surface area (Å²) in [5.41, 5.74) is 0. The fraction of sp³-hybridized carbons (Fsp3) is 0.875. The lowest BCUT2D eigenvalue weighted by atomic mass is 9.99. The van der Waals surface area contributed by atoms with Gasteiger partial charge < -0.3 is 4.89 Å². The molecule has 36 heavy (non-hydrogen) atoms. The SMILES string of the molecule is C=CCCCCCCCCCCCC=CCCCCCCCCCCC(CCC)([P+](=O)[O-])[N+](C)(C)C. The van der Waals surface area contributed by atoms with Gasteiger partial charge in [0.05, 0.1) is 21.1 Å². The maximum Gasteiger partial charge on any atom is 0.376 e. The molecule has 0 radical (unpaired) electrons. The number of allylic oxidation sites excluding steroid dienone is 3. The lowest BCUT2D eigenvalue weighted by Crippen LogP contribution is -2.55. The summed E-state index contributed by atoms with van der Waals surface area (Å²) in [5, 5.41) is -0.595. The molecule has 0 spiro atoms. The van der Waals surface area contributed by atoms with Crippen LogP contribution in [0.2, 0.25) is 0 Å². The summed E-state index contributed by atoms with van der Waals surface area (Å²) >= 11 is 0. The first-order valence-electron chi connectivity index (χ1n) is 15.5. The smallest absolute Gasteiger partial charge is 0.376 e. The van der Waals surface area contributed by atoms with Crippen LogP contribution in [0.5, 0.6) is 0 Å². The van der Waals surface area contributed by atoms with Crippen molar-refractivity contribution in [2.75, 3.05) is 21.1 Å². The van der Waals surface area contributed by atoms with Crippen LogP contribution >= 0.6 is 8.03 Å². The van der Waals surface area contributed by atoms with E-state index in [9.17, 15) is 9.46 Å². The van der Waals surface area contributed by atoms with Gasteiger partial charge in [-0.3, -0.25) is 4.48 Å². The van der Waals surface area contributed by atoms with Gasteiger partial charge in [0.1, 0.15) is 0 Å². The largest absolute Gasteiger partial charge is 0.590 e. The van der Waals surface area contributed by atoms with Crippen LogP contribution in [0.1, 0.15) is 155 Å². The van der Waals surface area contributed by atoms with Crippen LogP contribution in [-0.4, -0.2) is 30.9 Å². The van der Waals surface area contributed by atoms with Gasteiger partial charge in [0.25, 0.3) is 5.28 Å². The molecule has 0 aliphatic carbocycles. The maximum atomic E-state index is 12.1. The van der Waals surface area contributed by atoms with E-state index in [-0.39, 0.29) is 0 Å². The molecule has 0 N–H and O–H groups in total. The Morgan fingerprint density at radius 3 is 1.33 bits per heavy atom. The molecular weight excluding hydrogens is 461 g/mol. The minimum absolute atomic E-state index is 0.519. The predicted octanol–water partition coefficient (Wildman–Crippen LogP) is 10.2. The Balaban J connectivity index is 3.53. The van der Waals surface area contributed by atoms with Gasteiger partial charge in [-0.15, -0.1) is 6.58 Å². The Kier molecular flexibility index (Phi) is 23.3. The van der Waals surface area contributed by atoms with Gasteiger partial charge in [-0.25, -0.2) is 0 Å². The molecule has 0 rings (SSSR count). The Morgan fingerprint density at radius 2 is 1.00 bits per heavy atom. The van der Waals surface area contributed by atoms with Crippen molar-refractivity contribution in [3.63, 3.8) is 0 Å². The van der Waals surface area contributed by atoms with Crippen LogP contribution in [0.25, 0.3) is 0 Å². The fourth-order valence-electron chi connectivity index (χ4n) is 5.38. The van der Waals surface area contributed by atoms with E-state index in [2.05, 4.69) is 25.7 Å². The lowest BCUT2D eigenvalue weighted by Gasteiger charge is -2.39. The van der Waals surface area contributed by atoms with Crippen molar-refractivity contribution in [3.05, 3.63) is 24.8 Å². The van der Waals surface area contributed by atoms with Gasteiger partial charge in [0.2, 0.25) is 0 Å². The minimum Gasteiger partial charge on any atom is -0.590 e. The highest BCUT2D eigenvalue weighted by atomic mass is 31.1. The molecule has 0 saturated carbocycles. The summed E-state index contributed by atoms with van der Waals surface area (Å²) in [5.74, 6) is 0. The number of hydrogen-bond donors (Lipinski definition) is 0. The van der Waals surface area contributed by atoms with Crippen LogP contribution in [-0.2, 0) is 4.57 Å². The molecule has 212 valence electrons. The summed E-state index contributed by atoms with van der Waals surface area (Å²) in [6.07, 6.45) is 35.6. The molecule has 0 aliphatic rings. The van der Waals surface area contributed by atoms with Crippen molar-refractivity contribution >= 4 is 8.03 Å². The summed E-state index contributed by atoms with van der Waals surface area (Å²) in [4.78, 5) is 12.1. The van der Waals surface area contributed by atoms with Gasteiger partial charge in [0.15, 0.2) is 0 Å². The van der Waals surface area contributed by atoms with Crippen molar-refractivity contribution in [1.82, 2.24) is 0 Å². The second-order valence-corrected chi connectivity index (χ2v) is 13.2. The fourth-order valence-corrected chi connectivity index (χ4v) is 6.62. The average molecular weight is 525 g/mol. The predicted molar refractivity (Wildman–Crippen MR) is 160 cm³/mol. The highest BCUT2D eigenvalue weighted by molar-refractivity contribution is 7.38. The number of unbranched alkanes of at least 4 members (excludes halogenated alkanes) is 18. The van der Waals surface area contributed by atoms with Gasteiger partial charge in [-0.05, 0) is 51.4 Å². The molecule has 3 nitrogen and oxygen atoms in total. The van der Waals surface area contributed by atoms with Gasteiger partial charge in [-0.2, -0.15) is 0 Å². The van der Waals surface area contributed by atoms with E-state index in [4.69, 9.17) is 0 Å². The number of rotatable bonds is 27. The Bertz CT molecular complexity index is 555. The zero-order valence-electron chi connectivity index (χ0n) is 24.9. The molecule has 0 saturated heterocycles. The number of nitrogens with zero attached hydrogens (tertiary/aromatic N) is 1. The van der Waals surface area contributed by atoms with Crippen LogP contribution in [0.3, 0.4) is 0 Å². The zero-order chi connectivity index (χ0) is 27.0. The van der Waals surface area contributed by atoms with E-state index in [1.165, 1.54) is 116 Å². The van der Waals surface area contributed by atoms with Crippen LogP contribution in [0, 0.1) is 0 Å². The Hall–Kier alpha value is -0.500. The van der Waals surface area contributed by atoms with Gasteiger partial charge in [-0.1, -0.05) is 113 Å². The van der Waals surface area contributed by atoms with Crippen molar-refractivity contribution in [1.29, 1.82) is 0 Å². The third-order valence-corrected chi connectivity index (χ3v) is 9.61. The van der Waals surface area contributed by atoms with Crippen LogP contribution in [0.4, 0.5) is 0 Å². The third kappa shape index (κ3) is 17.9. The van der Waals surface area contributed by atoms with E-state index < -0.39 is 13.3 Å². The quantitative estimate of drug-likeness (QED) is 0.0464. The summed E-state index contributed by atoms with van der Waals surface area (Å²) in [6, 6.07) is 0. The standard InChI is InChI=1S/C32H63NO2P/c1-6-8-9-10-11-12-13-14-15-16-17-18-19-20-21-22-23-24-25-26-27-28-29-31-32(30-7-2,36(34)35)33(3,4)5/h6,19-20H,1,7-18,21-31H2,2-5H3/q+1. The topological polar surface area (TPSA) is 40.1 Å². The van der Waals surface area contributed by atoms with E-state index in [1.54, 1.807) is 0 Å². The van der Waals surface area contributed by atoms with Gasteiger partial charge in [0, 0.05) is 12.8 Å². The minimum atomic E-state index is -2.43.